The van der Waals surface area contributed by atoms with Crippen LogP contribution < -0.4 is 10.6 Å². The summed E-state index contributed by atoms with van der Waals surface area (Å²) in [5.41, 5.74) is 1.12. The fourth-order valence-electron chi connectivity index (χ4n) is 3.32. The van der Waals surface area contributed by atoms with Gasteiger partial charge in [-0.3, -0.25) is 14.6 Å². The second kappa shape index (κ2) is 10.5. The third kappa shape index (κ3) is 5.37. The summed E-state index contributed by atoms with van der Waals surface area (Å²) in [6.07, 6.45) is 1.52. The third-order valence-electron chi connectivity index (χ3n) is 5.08. The van der Waals surface area contributed by atoms with Gasteiger partial charge in [0.1, 0.15) is 11.6 Å². The summed E-state index contributed by atoms with van der Waals surface area (Å²) in [7, 11) is 0. The molecule has 0 saturated heterocycles. The summed E-state index contributed by atoms with van der Waals surface area (Å²) in [6.45, 7) is 1.40. The van der Waals surface area contributed by atoms with Gasteiger partial charge in [-0.25, -0.2) is 9.07 Å². The first kappa shape index (κ1) is 24.1. The molecule has 35 heavy (non-hydrogen) atoms. The molecule has 2 amide bonds. The monoisotopic (exact) mass is 493 g/mol. The van der Waals surface area contributed by atoms with Crippen molar-refractivity contribution in [2.24, 2.45) is 0 Å². The number of carbonyl (C=O) groups is 2. The average Bonchev–Trinajstić information content (AvgIpc) is 3.29. The molecular formula is C25H21ClFN5O3. The van der Waals surface area contributed by atoms with E-state index in [1.54, 1.807) is 49.4 Å². The van der Waals surface area contributed by atoms with Crippen molar-refractivity contribution >= 4 is 29.2 Å². The van der Waals surface area contributed by atoms with E-state index in [1.807, 2.05) is 6.07 Å². The van der Waals surface area contributed by atoms with E-state index in [0.717, 1.165) is 6.07 Å². The number of aliphatic hydroxyl groups is 1. The minimum atomic E-state index is -0.625. The van der Waals surface area contributed by atoms with Crippen LogP contribution in [0.25, 0.3) is 16.9 Å². The number of aliphatic hydroxyl groups excluding tert-OH is 1. The van der Waals surface area contributed by atoms with Crippen molar-refractivity contribution in [1.82, 2.24) is 20.1 Å². The minimum Gasteiger partial charge on any atom is -0.394 e. The summed E-state index contributed by atoms with van der Waals surface area (Å²) < 4.78 is 16.0. The number of halogens is 2. The molecule has 0 fully saturated rings. The van der Waals surface area contributed by atoms with Crippen LogP contribution in [0.3, 0.4) is 0 Å². The van der Waals surface area contributed by atoms with Crippen LogP contribution in [0.5, 0.6) is 0 Å². The number of aromatic nitrogens is 3. The zero-order valence-corrected chi connectivity index (χ0v) is 19.3. The number of rotatable bonds is 7. The molecule has 0 bridgehead atoms. The summed E-state index contributed by atoms with van der Waals surface area (Å²) in [6, 6.07) is 17.2. The number of amides is 2. The maximum Gasteiger partial charge on any atom is 0.272 e. The third-order valence-corrected chi connectivity index (χ3v) is 5.39. The molecule has 0 saturated carbocycles. The Hall–Kier alpha value is -4.08. The quantitative estimate of drug-likeness (QED) is 0.359. The van der Waals surface area contributed by atoms with Crippen molar-refractivity contribution < 1.29 is 19.1 Å². The van der Waals surface area contributed by atoms with Gasteiger partial charge in [-0.05, 0) is 43.3 Å². The van der Waals surface area contributed by atoms with E-state index in [2.05, 4.69) is 20.7 Å². The molecule has 10 heteroatoms. The van der Waals surface area contributed by atoms with Crippen LogP contribution in [0.1, 0.15) is 27.8 Å². The Morgan fingerprint density at radius 2 is 1.83 bits per heavy atom. The number of carbonyl (C=O) groups excluding carboxylic acids is 2. The van der Waals surface area contributed by atoms with E-state index in [1.165, 1.54) is 23.0 Å². The van der Waals surface area contributed by atoms with Crippen LogP contribution >= 0.6 is 11.6 Å². The molecule has 2 aromatic heterocycles. The van der Waals surface area contributed by atoms with E-state index < -0.39 is 23.7 Å². The first-order valence-corrected chi connectivity index (χ1v) is 11.0. The summed E-state index contributed by atoms with van der Waals surface area (Å²) in [4.78, 5) is 29.9. The Morgan fingerprint density at radius 3 is 2.51 bits per heavy atom. The molecule has 0 aliphatic heterocycles. The fraction of sp³-hybridized carbons (Fsp3) is 0.120. The second-order valence-electron chi connectivity index (χ2n) is 7.70. The Balaban J connectivity index is 1.70. The summed E-state index contributed by atoms with van der Waals surface area (Å²) >= 11 is 6.20. The highest BCUT2D eigenvalue weighted by Gasteiger charge is 2.21. The summed E-state index contributed by atoms with van der Waals surface area (Å²) in [5.74, 6) is -1.56. The van der Waals surface area contributed by atoms with Crippen molar-refractivity contribution in [3.8, 4) is 16.9 Å². The molecule has 0 spiro atoms. The molecule has 4 rings (SSSR count). The highest BCUT2D eigenvalue weighted by molar-refractivity contribution is 6.34. The lowest BCUT2D eigenvalue weighted by Crippen LogP contribution is -2.35. The Labute approximate surface area is 205 Å². The van der Waals surface area contributed by atoms with Gasteiger partial charge in [-0.1, -0.05) is 35.9 Å². The summed E-state index contributed by atoms with van der Waals surface area (Å²) in [5, 5.41) is 18.8. The van der Waals surface area contributed by atoms with E-state index in [9.17, 15) is 19.1 Å². The second-order valence-corrected chi connectivity index (χ2v) is 8.11. The highest BCUT2D eigenvalue weighted by atomic mass is 35.5. The topological polar surface area (TPSA) is 109 Å². The molecular weight excluding hydrogens is 473 g/mol. The molecule has 8 nitrogen and oxygen atoms in total. The van der Waals surface area contributed by atoms with Gasteiger partial charge in [-0.2, -0.15) is 5.10 Å². The fourth-order valence-corrected chi connectivity index (χ4v) is 3.55. The van der Waals surface area contributed by atoms with Gasteiger partial charge >= 0.3 is 0 Å². The predicted molar refractivity (Wildman–Crippen MR) is 130 cm³/mol. The lowest BCUT2D eigenvalue weighted by atomic mass is 10.1. The highest BCUT2D eigenvalue weighted by Crippen LogP contribution is 2.28. The van der Waals surface area contributed by atoms with Gasteiger partial charge in [-0.15, -0.1) is 0 Å². The Morgan fingerprint density at radius 1 is 1.09 bits per heavy atom. The number of hydrogen-bond acceptors (Lipinski definition) is 5. The Bertz CT molecular complexity index is 1360. The van der Waals surface area contributed by atoms with Crippen LogP contribution in [0.4, 0.5) is 10.2 Å². The van der Waals surface area contributed by atoms with Crippen LogP contribution in [0, 0.1) is 5.82 Å². The molecule has 2 aromatic carbocycles. The number of hydrogen-bond donors (Lipinski definition) is 3. The molecule has 3 N–H and O–H groups in total. The van der Waals surface area contributed by atoms with E-state index in [-0.39, 0.29) is 34.3 Å². The van der Waals surface area contributed by atoms with Gasteiger partial charge in [0, 0.05) is 23.9 Å². The van der Waals surface area contributed by atoms with Gasteiger partial charge in [0.25, 0.3) is 11.8 Å². The molecule has 2 heterocycles. The lowest BCUT2D eigenvalue weighted by molar-refractivity contribution is 0.0916. The van der Waals surface area contributed by atoms with Crippen molar-refractivity contribution in [3.63, 3.8) is 0 Å². The standard InChI is InChI=1S/C25H21ClFN5O3/c1-15(14-33)29-25(35)22-13-23(32(31-22)16-7-3-2-4-8-16)30-24(34)17-11-18(20(27)12-19(17)26)21-9-5-6-10-28-21/h2-13,15,33H,14H2,1H3,(H,29,35)(H,30,34)/t15-/m1/s1. The van der Waals surface area contributed by atoms with Crippen LogP contribution in [-0.2, 0) is 0 Å². The number of pyridine rings is 1. The molecule has 0 radical (unpaired) electrons. The van der Waals surface area contributed by atoms with E-state index in [0.29, 0.717) is 11.4 Å². The van der Waals surface area contributed by atoms with Crippen LogP contribution in [-0.4, -0.2) is 44.3 Å². The molecule has 0 unspecified atom stereocenters. The first-order chi connectivity index (χ1) is 16.9. The maximum absolute atomic E-state index is 14.6. The van der Waals surface area contributed by atoms with Crippen molar-refractivity contribution in [2.75, 3.05) is 11.9 Å². The largest absolute Gasteiger partial charge is 0.394 e. The molecule has 178 valence electrons. The number of benzene rings is 2. The van der Waals surface area contributed by atoms with Crippen LogP contribution in [0.2, 0.25) is 5.02 Å². The SMILES string of the molecule is C[C@H](CO)NC(=O)c1cc(NC(=O)c2cc(-c3ccccn3)c(F)cc2Cl)n(-c2ccccc2)n1. The van der Waals surface area contributed by atoms with Crippen molar-refractivity contribution in [2.45, 2.75) is 13.0 Å². The maximum atomic E-state index is 14.6. The lowest BCUT2D eigenvalue weighted by Gasteiger charge is -2.11. The van der Waals surface area contributed by atoms with E-state index in [4.69, 9.17) is 11.6 Å². The molecule has 0 aliphatic rings. The Kier molecular flexibility index (Phi) is 7.19. The number of nitrogens with one attached hydrogen (secondary N) is 2. The average molecular weight is 494 g/mol. The first-order valence-electron chi connectivity index (χ1n) is 10.7. The van der Waals surface area contributed by atoms with Crippen LogP contribution in [0.15, 0.2) is 72.9 Å². The van der Waals surface area contributed by atoms with Crippen molar-refractivity contribution in [3.05, 3.63) is 95.0 Å². The predicted octanol–water partition coefficient (Wildman–Crippen LogP) is 4.09. The number of para-hydroxylation sites is 1. The smallest absolute Gasteiger partial charge is 0.272 e. The molecule has 1 atom stereocenters. The zero-order chi connectivity index (χ0) is 24.9. The van der Waals surface area contributed by atoms with Crippen molar-refractivity contribution in [1.29, 1.82) is 0 Å². The molecule has 0 aliphatic carbocycles. The minimum absolute atomic E-state index is 0.0226. The van der Waals surface area contributed by atoms with E-state index >= 15 is 0 Å². The van der Waals surface area contributed by atoms with Gasteiger partial charge in [0.15, 0.2) is 5.69 Å². The normalized spacial score (nSPS) is 11.7. The van der Waals surface area contributed by atoms with Gasteiger partial charge < -0.3 is 15.7 Å². The van der Waals surface area contributed by atoms with Gasteiger partial charge in [0.2, 0.25) is 0 Å². The number of nitrogens with zero attached hydrogens (tertiary/aromatic N) is 3. The zero-order valence-electron chi connectivity index (χ0n) is 18.6. The van der Waals surface area contributed by atoms with Gasteiger partial charge in [0.05, 0.1) is 28.6 Å². The number of anilines is 1. The molecule has 4 aromatic rings.